The predicted molar refractivity (Wildman–Crippen MR) is 163 cm³/mol. The van der Waals surface area contributed by atoms with Gasteiger partial charge >= 0.3 is 0 Å². The highest BCUT2D eigenvalue weighted by Gasteiger charge is 2.17. The predicted octanol–water partition coefficient (Wildman–Crippen LogP) is 7.86. The summed E-state index contributed by atoms with van der Waals surface area (Å²) in [7, 11) is 0. The summed E-state index contributed by atoms with van der Waals surface area (Å²) in [4.78, 5) is 8.84. The number of aromatic nitrogens is 4. The number of rotatable bonds is 4. The van der Waals surface area contributed by atoms with Gasteiger partial charge in [-0.2, -0.15) is 0 Å². The molecule has 0 aliphatic rings. The first kappa shape index (κ1) is 27.3. The topological polar surface area (TPSA) is 76.1 Å². The van der Waals surface area contributed by atoms with E-state index < -0.39 is 11.7 Å². The van der Waals surface area contributed by atoms with Gasteiger partial charge in [-0.05, 0) is 92.6 Å². The minimum atomic E-state index is -0.853. The number of hydrogen-bond acceptors (Lipinski definition) is 4. The van der Waals surface area contributed by atoms with Crippen LogP contribution < -0.4 is 0 Å². The van der Waals surface area contributed by atoms with Gasteiger partial charge in [0.1, 0.15) is 12.7 Å². The summed E-state index contributed by atoms with van der Waals surface area (Å²) in [5.74, 6) is 0. The maximum atomic E-state index is 10.1. The lowest BCUT2D eigenvalue weighted by Crippen LogP contribution is -2.15. The SMILES string of the molecule is CC(C)(O)c1ccc2c(c1)ncn2-c1cccc(Br)c1.C[C@@H](O)c1ccc2c(c1)ncn2-c1cccc(Br)c1. The fourth-order valence-corrected chi connectivity index (χ4v) is 5.12. The van der Waals surface area contributed by atoms with Crippen LogP contribution in [-0.4, -0.2) is 29.3 Å². The van der Waals surface area contributed by atoms with Gasteiger partial charge in [-0.25, -0.2) is 9.97 Å². The molecule has 0 aliphatic heterocycles. The number of hydrogen-bond donors (Lipinski definition) is 2. The molecule has 2 aromatic heterocycles. The second-order valence-electron chi connectivity index (χ2n) is 9.88. The van der Waals surface area contributed by atoms with Crippen LogP contribution in [0.15, 0.2) is 107 Å². The van der Waals surface area contributed by atoms with Gasteiger partial charge in [0.2, 0.25) is 0 Å². The average Bonchev–Trinajstić information content (AvgIpc) is 3.52. The van der Waals surface area contributed by atoms with Gasteiger partial charge in [0.05, 0.1) is 33.8 Å². The molecule has 0 unspecified atom stereocenters. The van der Waals surface area contributed by atoms with E-state index in [9.17, 15) is 10.2 Å². The van der Waals surface area contributed by atoms with Gasteiger partial charge in [0.25, 0.3) is 0 Å². The molecule has 0 aliphatic carbocycles. The van der Waals surface area contributed by atoms with Crippen molar-refractivity contribution in [2.45, 2.75) is 32.5 Å². The van der Waals surface area contributed by atoms with Crippen molar-refractivity contribution < 1.29 is 10.2 Å². The number of nitrogens with zero attached hydrogens (tertiary/aromatic N) is 4. The van der Waals surface area contributed by atoms with Crippen LogP contribution in [0.2, 0.25) is 0 Å². The Kier molecular flexibility index (Phi) is 7.73. The quantitative estimate of drug-likeness (QED) is 0.204. The number of halogens is 2. The third-order valence-corrected chi connectivity index (χ3v) is 7.47. The molecule has 6 rings (SSSR count). The molecular weight excluding hydrogens is 620 g/mol. The molecule has 0 amide bonds. The minimum Gasteiger partial charge on any atom is -0.389 e. The smallest absolute Gasteiger partial charge is 0.100 e. The van der Waals surface area contributed by atoms with Crippen molar-refractivity contribution in [2.75, 3.05) is 0 Å². The Bertz CT molecular complexity index is 1770. The van der Waals surface area contributed by atoms with Gasteiger partial charge in [0, 0.05) is 20.3 Å². The first-order valence-corrected chi connectivity index (χ1v) is 14.1. The summed E-state index contributed by atoms with van der Waals surface area (Å²) >= 11 is 6.96. The molecule has 6 aromatic rings. The second-order valence-corrected chi connectivity index (χ2v) is 11.7. The number of benzene rings is 4. The van der Waals surface area contributed by atoms with Gasteiger partial charge in [0.15, 0.2) is 0 Å². The van der Waals surface area contributed by atoms with Crippen molar-refractivity contribution in [2.24, 2.45) is 0 Å². The van der Waals surface area contributed by atoms with Crippen molar-refractivity contribution in [3.8, 4) is 11.4 Å². The molecule has 0 bridgehead atoms. The molecule has 0 fully saturated rings. The molecule has 4 aromatic carbocycles. The lowest BCUT2D eigenvalue weighted by Gasteiger charge is -2.17. The van der Waals surface area contributed by atoms with Gasteiger partial charge in [-0.15, -0.1) is 0 Å². The van der Waals surface area contributed by atoms with Crippen LogP contribution in [0.3, 0.4) is 0 Å². The van der Waals surface area contributed by atoms with Crippen molar-refractivity contribution >= 4 is 53.9 Å². The Morgan fingerprint density at radius 1 is 0.718 bits per heavy atom. The highest BCUT2D eigenvalue weighted by Crippen LogP contribution is 2.27. The summed E-state index contributed by atoms with van der Waals surface area (Å²) in [5, 5.41) is 19.7. The number of aliphatic hydroxyl groups excluding tert-OH is 1. The van der Waals surface area contributed by atoms with Gasteiger partial charge in [-0.1, -0.05) is 56.1 Å². The monoisotopic (exact) mass is 646 g/mol. The first-order chi connectivity index (χ1) is 18.6. The van der Waals surface area contributed by atoms with Crippen molar-refractivity contribution in [3.63, 3.8) is 0 Å². The first-order valence-electron chi connectivity index (χ1n) is 12.5. The van der Waals surface area contributed by atoms with Crippen LogP contribution in [0, 0.1) is 0 Å². The normalized spacial score (nSPS) is 12.4. The molecular formula is C31H28Br2N4O2. The van der Waals surface area contributed by atoms with E-state index in [0.717, 1.165) is 53.5 Å². The van der Waals surface area contributed by atoms with Crippen LogP contribution in [0.1, 0.15) is 38.0 Å². The van der Waals surface area contributed by atoms with Crippen LogP contribution in [0.5, 0.6) is 0 Å². The Morgan fingerprint density at radius 3 is 1.72 bits per heavy atom. The highest BCUT2D eigenvalue weighted by molar-refractivity contribution is 9.10. The van der Waals surface area contributed by atoms with Crippen molar-refractivity contribution in [3.05, 3.63) is 118 Å². The van der Waals surface area contributed by atoms with E-state index in [1.807, 2.05) is 94.1 Å². The van der Waals surface area contributed by atoms with Crippen molar-refractivity contribution in [1.29, 1.82) is 0 Å². The molecule has 8 heteroatoms. The summed E-state index contributed by atoms with van der Waals surface area (Å²) in [6, 6.07) is 27.9. The largest absolute Gasteiger partial charge is 0.389 e. The van der Waals surface area contributed by atoms with Gasteiger partial charge in [-0.3, -0.25) is 9.13 Å². The summed E-state index contributed by atoms with van der Waals surface area (Å²) in [6.07, 6.45) is 3.14. The molecule has 2 N–H and O–H groups in total. The third kappa shape index (κ3) is 5.99. The number of fused-ring (bicyclic) bond motifs is 2. The Balaban J connectivity index is 0.000000158. The zero-order valence-corrected chi connectivity index (χ0v) is 24.9. The van der Waals surface area contributed by atoms with E-state index in [2.05, 4.69) is 41.8 Å². The summed E-state index contributed by atoms with van der Waals surface area (Å²) < 4.78 is 6.14. The number of aliphatic hydroxyl groups is 2. The van der Waals surface area contributed by atoms with E-state index in [1.165, 1.54) is 0 Å². The van der Waals surface area contributed by atoms with E-state index in [-0.39, 0.29) is 0 Å². The maximum Gasteiger partial charge on any atom is 0.100 e. The van der Waals surface area contributed by atoms with Crippen LogP contribution >= 0.6 is 31.9 Å². The standard InChI is InChI=1S/C16H15BrN2O.C15H13BrN2O/c1-16(2,20)11-6-7-15-14(8-11)18-10-19(15)13-5-3-4-12(17)9-13;1-10(19)11-5-6-15-14(7-11)17-9-18(15)13-4-2-3-12(16)8-13/h3-10,20H,1-2H3;2-10,19H,1H3/t;10-/m.1/s1. The molecule has 2 heterocycles. The Morgan fingerprint density at radius 2 is 1.23 bits per heavy atom. The Hall–Kier alpha value is -3.30. The molecule has 198 valence electrons. The molecule has 1 atom stereocenters. The Labute approximate surface area is 243 Å². The zero-order chi connectivity index (χ0) is 27.7. The van der Waals surface area contributed by atoms with Gasteiger partial charge < -0.3 is 10.2 Å². The lowest BCUT2D eigenvalue weighted by atomic mass is 9.98. The minimum absolute atomic E-state index is 0.472. The third-order valence-electron chi connectivity index (χ3n) is 6.48. The molecule has 0 spiro atoms. The zero-order valence-electron chi connectivity index (χ0n) is 21.8. The lowest BCUT2D eigenvalue weighted by molar-refractivity contribution is 0.0787. The van der Waals surface area contributed by atoms with Crippen LogP contribution in [0.4, 0.5) is 0 Å². The van der Waals surface area contributed by atoms with E-state index in [4.69, 9.17) is 0 Å². The molecule has 6 nitrogen and oxygen atoms in total. The molecule has 0 saturated heterocycles. The molecule has 0 saturated carbocycles. The molecule has 0 radical (unpaired) electrons. The van der Waals surface area contributed by atoms with E-state index in [1.54, 1.807) is 33.4 Å². The van der Waals surface area contributed by atoms with Crippen LogP contribution in [0.25, 0.3) is 33.4 Å². The maximum absolute atomic E-state index is 10.1. The fraction of sp³-hybridized carbons (Fsp3) is 0.161. The average molecular weight is 648 g/mol. The van der Waals surface area contributed by atoms with Crippen molar-refractivity contribution in [1.82, 2.24) is 19.1 Å². The second kappa shape index (κ2) is 11.1. The summed E-state index contributed by atoms with van der Waals surface area (Å²) in [6.45, 7) is 5.31. The fourth-order valence-electron chi connectivity index (χ4n) is 4.35. The van der Waals surface area contributed by atoms with E-state index >= 15 is 0 Å². The summed E-state index contributed by atoms with van der Waals surface area (Å²) in [5.41, 5.74) is 6.82. The van der Waals surface area contributed by atoms with E-state index in [0.29, 0.717) is 0 Å². The number of imidazole rings is 2. The molecule has 39 heavy (non-hydrogen) atoms. The highest BCUT2D eigenvalue weighted by atomic mass is 79.9. The van der Waals surface area contributed by atoms with Crippen LogP contribution in [-0.2, 0) is 5.60 Å².